The fraction of sp³-hybridized carbons (Fsp3) is 0.368. The van der Waals surface area contributed by atoms with Gasteiger partial charge in [0.25, 0.3) is 0 Å². The Morgan fingerprint density at radius 3 is 2.79 bits per heavy atom. The number of rotatable bonds is 5. The van der Waals surface area contributed by atoms with E-state index in [4.69, 9.17) is 5.73 Å². The smallest absolute Gasteiger partial charge is 0.242 e. The first kappa shape index (κ1) is 16.5. The van der Waals surface area contributed by atoms with Gasteiger partial charge in [0.2, 0.25) is 11.8 Å². The molecule has 2 amide bonds. The van der Waals surface area contributed by atoms with Crippen LogP contribution in [-0.2, 0) is 16.0 Å². The van der Waals surface area contributed by atoms with E-state index in [0.29, 0.717) is 6.54 Å². The minimum Gasteiger partial charge on any atom is -0.347 e. The molecule has 0 saturated carbocycles. The third-order valence-electron chi connectivity index (χ3n) is 4.64. The van der Waals surface area contributed by atoms with Gasteiger partial charge in [0.15, 0.2) is 0 Å². The quantitative estimate of drug-likeness (QED) is 0.873. The number of fused-ring (bicyclic) bond motifs is 1. The number of nitrogens with two attached hydrogens (primary N) is 1. The van der Waals surface area contributed by atoms with Crippen molar-refractivity contribution < 1.29 is 9.59 Å². The van der Waals surface area contributed by atoms with Gasteiger partial charge in [0, 0.05) is 19.1 Å². The molecule has 1 atom stereocenters. The maximum atomic E-state index is 12.2. The number of carbonyl (C=O) groups is 2. The number of hydrogen-bond donors (Lipinski definition) is 2. The van der Waals surface area contributed by atoms with Crippen LogP contribution in [0.15, 0.2) is 42.5 Å². The van der Waals surface area contributed by atoms with Gasteiger partial charge >= 0.3 is 0 Å². The Kier molecular flexibility index (Phi) is 5.11. The lowest BCUT2D eigenvalue weighted by molar-refractivity contribution is -0.133. The summed E-state index contributed by atoms with van der Waals surface area (Å²) in [5, 5.41) is 4.93. The summed E-state index contributed by atoms with van der Waals surface area (Å²) in [6, 6.07) is 14.0. The lowest BCUT2D eigenvalue weighted by Gasteiger charge is -2.23. The molecule has 24 heavy (non-hydrogen) atoms. The maximum absolute atomic E-state index is 12.2. The third-order valence-corrected chi connectivity index (χ3v) is 4.64. The van der Waals surface area contributed by atoms with Crippen LogP contribution in [0.4, 0.5) is 0 Å². The van der Waals surface area contributed by atoms with E-state index in [1.807, 2.05) is 42.5 Å². The number of carbonyl (C=O) groups excluding carboxylic acids is 2. The molecule has 0 aromatic heterocycles. The Hall–Kier alpha value is -2.40. The molecule has 1 saturated heterocycles. The fourth-order valence-corrected chi connectivity index (χ4v) is 3.37. The molecule has 0 bridgehead atoms. The van der Waals surface area contributed by atoms with Crippen molar-refractivity contribution in [1.82, 2.24) is 10.2 Å². The van der Waals surface area contributed by atoms with Gasteiger partial charge in [0.1, 0.15) is 0 Å². The van der Waals surface area contributed by atoms with Crippen molar-refractivity contribution in [2.75, 3.05) is 19.6 Å². The van der Waals surface area contributed by atoms with Gasteiger partial charge in [-0.3, -0.25) is 9.59 Å². The first-order valence-corrected chi connectivity index (χ1v) is 8.42. The molecular formula is C19H23N3O2. The fourth-order valence-electron chi connectivity index (χ4n) is 3.37. The molecule has 1 aliphatic heterocycles. The molecule has 0 aliphatic carbocycles. The number of nitrogens with one attached hydrogen (secondary N) is 1. The molecule has 0 radical (unpaired) electrons. The second-order valence-corrected chi connectivity index (χ2v) is 6.21. The lowest BCUT2D eigenvalue weighted by Crippen LogP contribution is -2.45. The molecule has 1 fully saturated rings. The SMILES string of the molecule is NCC1CCCN1C(=O)CNC(=O)Cc1cccc2ccccc12. The largest absolute Gasteiger partial charge is 0.347 e. The molecule has 5 nitrogen and oxygen atoms in total. The second kappa shape index (κ2) is 7.45. The van der Waals surface area contributed by atoms with E-state index in [0.717, 1.165) is 35.7 Å². The summed E-state index contributed by atoms with van der Waals surface area (Å²) in [7, 11) is 0. The van der Waals surface area contributed by atoms with Gasteiger partial charge in [-0.05, 0) is 29.2 Å². The molecule has 3 rings (SSSR count). The third kappa shape index (κ3) is 3.57. The van der Waals surface area contributed by atoms with Gasteiger partial charge in [-0.25, -0.2) is 0 Å². The van der Waals surface area contributed by atoms with Crippen molar-refractivity contribution in [2.45, 2.75) is 25.3 Å². The summed E-state index contributed by atoms with van der Waals surface area (Å²) in [6.07, 6.45) is 2.21. The van der Waals surface area contributed by atoms with E-state index < -0.39 is 0 Å². The molecule has 1 aliphatic rings. The first-order valence-electron chi connectivity index (χ1n) is 8.42. The van der Waals surface area contributed by atoms with E-state index in [9.17, 15) is 9.59 Å². The topological polar surface area (TPSA) is 75.4 Å². The van der Waals surface area contributed by atoms with Crippen LogP contribution in [-0.4, -0.2) is 42.4 Å². The summed E-state index contributed by atoms with van der Waals surface area (Å²) in [6.45, 7) is 1.26. The Balaban J connectivity index is 1.58. The van der Waals surface area contributed by atoms with Gasteiger partial charge in [-0.2, -0.15) is 0 Å². The Morgan fingerprint density at radius 1 is 1.17 bits per heavy atom. The highest BCUT2D eigenvalue weighted by atomic mass is 16.2. The number of benzene rings is 2. The van der Waals surface area contributed by atoms with E-state index in [1.54, 1.807) is 4.90 Å². The Bertz CT molecular complexity index is 739. The standard InChI is InChI=1S/C19H23N3O2/c20-12-16-8-4-10-22(16)19(24)13-21-18(23)11-15-7-3-6-14-5-1-2-9-17(14)15/h1-3,5-7,9,16H,4,8,10-13,20H2,(H,21,23). The molecule has 1 unspecified atom stereocenters. The van der Waals surface area contributed by atoms with Crippen LogP contribution in [0.2, 0.25) is 0 Å². The zero-order chi connectivity index (χ0) is 16.9. The van der Waals surface area contributed by atoms with E-state index in [2.05, 4.69) is 5.32 Å². The highest BCUT2D eigenvalue weighted by Gasteiger charge is 2.27. The number of likely N-dealkylation sites (tertiary alicyclic amines) is 1. The van der Waals surface area contributed by atoms with Gasteiger partial charge in [0.05, 0.1) is 13.0 Å². The minimum atomic E-state index is -0.136. The van der Waals surface area contributed by atoms with Crippen molar-refractivity contribution in [3.8, 4) is 0 Å². The highest BCUT2D eigenvalue weighted by Crippen LogP contribution is 2.19. The number of hydrogen-bond acceptors (Lipinski definition) is 3. The summed E-state index contributed by atoms with van der Waals surface area (Å²) in [4.78, 5) is 26.2. The minimum absolute atomic E-state index is 0.0418. The van der Waals surface area contributed by atoms with Crippen LogP contribution in [0.3, 0.4) is 0 Å². The van der Waals surface area contributed by atoms with Crippen LogP contribution >= 0.6 is 0 Å². The molecule has 5 heteroatoms. The van der Waals surface area contributed by atoms with Crippen molar-refractivity contribution in [3.63, 3.8) is 0 Å². The van der Waals surface area contributed by atoms with Crippen molar-refractivity contribution in [1.29, 1.82) is 0 Å². The van der Waals surface area contributed by atoms with E-state index in [-0.39, 0.29) is 30.8 Å². The average Bonchev–Trinajstić information content (AvgIpc) is 3.09. The van der Waals surface area contributed by atoms with Gasteiger partial charge < -0.3 is 16.0 Å². The molecule has 1 heterocycles. The summed E-state index contributed by atoms with van der Waals surface area (Å²) < 4.78 is 0. The van der Waals surface area contributed by atoms with Gasteiger partial charge in [-0.15, -0.1) is 0 Å². The molecule has 0 spiro atoms. The molecular weight excluding hydrogens is 302 g/mol. The number of nitrogens with zero attached hydrogens (tertiary/aromatic N) is 1. The molecule has 3 N–H and O–H groups in total. The van der Waals surface area contributed by atoms with Gasteiger partial charge in [-0.1, -0.05) is 42.5 Å². The Morgan fingerprint density at radius 2 is 1.96 bits per heavy atom. The van der Waals surface area contributed by atoms with Crippen LogP contribution < -0.4 is 11.1 Å². The maximum Gasteiger partial charge on any atom is 0.242 e. The van der Waals surface area contributed by atoms with Crippen LogP contribution in [0.5, 0.6) is 0 Å². The average molecular weight is 325 g/mol. The monoisotopic (exact) mass is 325 g/mol. The predicted molar refractivity (Wildman–Crippen MR) is 94.5 cm³/mol. The van der Waals surface area contributed by atoms with Crippen molar-refractivity contribution in [2.24, 2.45) is 5.73 Å². The molecule has 126 valence electrons. The predicted octanol–water partition coefficient (Wildman–Crippen LogP) is 1.45. The summed E-state index contributed by atoms with van der Waals surface area (Å²) in [5.41, 5.74) is 6.66. The Labute approximate surface area is 141 Å². The summed E-state index contributed by atoms with van der Waals surface area (Å²) >= 11 is 0. The number of amides is 2. The second-order valence-electron chi connectivity index (χ2n) is 6.21. The molecule has 2 aromatic carbocycles. The van der Waals surface area contributed by atoms with E-state index in [1.165, 1.54) is 0 Å². The van der Waals surface area contributed by atoms with Crippen molar-refractivity contribution in [3.05, 3.63) is 48.0 Å². The molecule has 2 aromatic rings. The van der Waals surface area contributed by atoms with E-state index >= 15 is 0 Å². The summed E-state index contributed by atoms with van der Waals surface area (Å²) in [5.74, 6) is -0.183. The first-order chi connectivity index (χ1) is 11.7. The highest BCUT2D eigenvalue weighted by molar-refractivity contribution is 5.91. The zero-order valence-electron chi connectivity index (χ0n) is 13.7. The van der Waals surface area contributed by atoms with Crippen molar-refractivity contribution >= 4 is 22.6 Å². The van der Waals surface area contributed by atoms with Crippen LogP contribution in [0, 0.1) is 0 Å². The lowest BCUT2D eigenvalue weighted by atomic mass is 10.0. The zero-order valence-corrected chi connectivity index (χ0v) is 13.7. The normalized spacial score (nSPS) is 17.2. The van der Waals surface area contributed by atoms with Crippen LogP contribution in [0.25, 0.3) is 10.8 Å². The van der Waals surface area contributed by atoms with Crippen LogP contribution in [0.1, 0.15) is 18.4 Å².